The van der Waals surface area contributed by atoms with E-state index in [0.29, 0.717) is 17.5 Å². The van der Waals surface area contributed by atoms with Crippen LogP contribution >= 0.6 is 11.6 Å². The lowest BCUT2D eigenvalue weighted by Crippen LogP contribution is -2.02. The Morgan fingerprint density at radius 3 is 2.54 bits per heavy atom. The summed E-state index contributed by atoms with van der Waals surface area (Å²) in [5.74, 6) is 0.665. The fraction of sp³-hybridized carbons (Fsp3) is 0.143. The van der Waals surface area contributed by atoms with Crippen LogP contribution < -0.4 is 0 Å². The Morgan fingerprint density at radius 2 is 1.79 bits per heavy atom. The normalized spacial score (nSPS) is 11.4. The molecule has 0 saturated carbocycles. The van der Waals surface area contributed by atoms with Crippen LogP contribution in [0.2, 0.25) is 5.15 Å². The monoisotopic (exact) mass is 390 g/mol. The molecular formula is C21H19ClN6. The Bertz CT molecular complexity index is 1110. The van der Waals surface area contributed by atoms with Crippen molar-refractivity contribution >= 4 is 17.8 Å². The Morgan fingerprint density at radius 1 is 1.04 bits per heavy atom. The molecule has 0 radical (unpaired) electrons. The van der Waals surface area contributed by atoms with Gasteiger partial charge in [0.2, 0.25) is 0 Å². The Labute approximate surface area is 168 Å². The number of rotatable bonds is 5. The molecule has 0 amide bonds. The van der Waals surface area contributed by atoms with Crippen molar-refractivity contribution in [1.29, 1.82) is 0 Å². The summed E-state index contributed by atoms with van der Waals surface area (Å²) in [5.41, 5.74) is 4.90. The molecule has 0 aliphatic carbocycles. The quantitative estimate of drug-likeness (QED) is 0.476. The van der Waals surface area contributed by atoms with Gasteiger partial charge in [-0.25, -0.2) is 4.68 Å². The lowest BCUT2D eigenvalue weighted by atomic mass is 10.1. The minimum absolute atomic E-state index is 0.552. The molecule has 0 aliphatic heterocycles. The van der Waals surface area contributed by atoms with Gasteiger partial charge in [0.15, 0.2) is 5.82 Å². The fourth-order valence-electron chi connectivity index (χ4n) is 2.90. The van der Waals surface area contributed by atoms with E-state index in [1.54, 1.807) is 21.9 Å². The Hall–Kier alpha value is -3.25. The van der Waals surface area contributed by atoms with Crippen molar-refractivity contribution in [3.05, 3.63) is 88.5 Å². The molecule has 7 heteroatoms. The number of hydrogen-bond acceptors (Lipinski definition) is 4. The lowest BCUT2D eigenvalue weighted by Gasteiger charge is -2.04. The van der Waals surface area contributed by atoms with E-state index < -0.39 is 0 Å². The predicted molar refractivity (Wildman–Crippen MR) is 111 cm³/mol. The van der Waals surface area contributed by atoms with Gasteiger partial charge in [0.1, 0.15) is 11.5 Å². The second-order valence-electron chi connectivity index (χ2n) is 6.54. The van der Waals surface area contributed by atoms with Gasteiger partial charge in [0.05, 0.1) is 24.0 Å². The van der Waals surface area contributed by atoms with Gasteiger partial charge < -0.3 is 0 Å². The minimum Gasteiger partial charge on any atom is -0.249 e. The van der Waals surface area contributed by atoms with Gasteiger partial charge in [-0.2, -0.15) is 14.9 Å². The average molecular weight is 391 g/mol. The first kappa shape index (κ1) is 18.1. The molecule has 0 N–H and O–H groups in total. The molecule has 2 heterocycles. The summed E-state index contributed by atoms with van der Waals surface area (Å²) in [5, 5.41) is 17.7. The van der Waals surface area contributed by atoms with E-state index in [4.69, 9.17) is 11.6 Å². The third kappa shape index (κ3) is 3.73. The third-order valence-corrected chi connectivity index (χ3v) is 4.83. The highest BCUT2D eigenvalue weighted by Crippen LogP contribution is 2.20. The van der Waals surface area contributed by atoms with Gasteiger partial charge >= 0.3 is 0 Å². The number of aromatic nitrogens is 5. The van der Waals surface area contributed by atoms with Crippen molar-refractivity contribution in [3.63, 3.8) is 0 Å². The zero-order valence-corrected chi connectivity index (χ0v) is 16.4. The van der Waals surface area contributed by atoms with Crippen LogP contribution in [-0.4, -0.2) is 30.9 Å². The van der Waals surface area contributed by atoms with Crippen LogP contribution in [0.25, 0.3) is 11.4 Å². The van der Waals surface area contributed by atoms with E-state index in [9.17, 15) is 0 Å². The highest BCUT2D eigenvalue weighted by atomic mass is 35.5. The molecule has 0 fully saturated rings. The van der Waals surface area contributed by atoms with Crippen LogP contribution in [0.5, 0.6) is 0 Å². The van der Waals surface area contributed by atoms with Crippen molar-refractivity contribution < 1.29 is 0 Å². The van der Waals surface area contributed by atoms with E-state index in [1.807, 2.05) is 37.3 Å². The van der Waals surface area contributed by atoms with Gasteiger partial charge in [-0.1, -0.05) is 71.8 Å². The zero-order chi connectivity index (χ0) is 19.5. The second-order valence-corrected chi connectivity index (χ2v) is 6.90. The largest absolute Gasteiger partial charge is 0.249 e. The summed E-state index contributed by atoms with van der Waals surface area (Å²) in [6.07, 6.45) is 3.27. The van der Waals surface area contributed by atoms with Crippen molar-refractivity contribution in [2.45, 2.75) is 20.4 Å². The van der Waals surface area contributed by atoms with Gasteiger partial charge in [-0.3, -0.25) is 0 Å². The average Bonchev–Trinajstić information content (AvgIpc) is 3.28. The maximum Gasteiger partial charge on any atom is 0.184 e. The van der Waals surface area contributed by atoms with Crippen molar-refractivity contribution in [2.75, 3.05) is 0 Å². The molecule has 4 aromatic rings. The number of aryl methyl sites for hydroxylation is 2. The summed E-state index contributed by atoms with van der Waals surface area (Å²) in [7, 11) is 0. The van der Waals surface area contributed by atoms with Crippen molar-refractivity contribution in [3.8, 4) is 11.4 Å². The molecule has 0 aliphatic rings. The number of benzene rings is 2. The van der Waals surface area contributed by atoms with Crippen LogP contribution in [0, 0.1) is 13.8 Å². The van der Waals surface area contributed by atoms with Gasteiger partial charge in [0.25, 0.3) is 0 Å². The molecule has 0 atom stereocenters. The van der Waals surface area contributed by atoms with Crippen molar-refractivity contribution in [2.24, 2.45) is 5.10 Å². The van der Waals surface area contributed by atoms with Gasteiger partial charge in [-0.05, 0) is 19.4 Å². The Balaban J connectivity index is 1.60. The second kappa shape index (κ2) is 7.78. The molecule has 0 bridgehead atoms. The first-order valence-corrected chi connectivity index (χ1v) is 9.28. The molecule has 0 unspecified atom stereocenters. The highest BCUT2D eigenvalue weighted by Gasteiger charge is 2.13. The number of halogens is 1. The SMILES string of the molecule is Cc1ccc(Cn2nc(C)c(/C=N\n3cnnc3-c3ccccc3)c2Cl)cc1. The fourth-order valence-corrected chi connectivity index (χ4v) is 3.18. The first-order chi connectivity index (χ1) is 13.6. The van der Waals surface area contributed by atoms with E-state index in [1.165, 1.54) is 5.56 Å². The van der Waals surface area contributed by atoms with Crippen LogP contribution in [0.4, 0.5) is 0 Å². The number of nitrogens with zero attached hydrogens (tertiary/aromatic N) is 6. The molecule has 0 saturated heterocycles. The van der Waals surface area contributed by atoms with E-state index in [-0.39, 0.29) is 0 Å². The lowest BCUT2D eigenvalue weighted by molar-refractivity contribution is 0.680. The highest BCUT2D eigenvalue weighted by molar-refractivity contribution is 6.32. The standard InChI is InChI=1S/C21H19ClN6/c1-15-8-10-17(11-9-15)13-27-20(22)19(16(2)26-27)12-24-28-14-23-25-21(28)18-6-4-3-5-7-18/h3-12,14H,13H2,1-2H3/b24-12-. The van der Waals surface area contributed by atoms with Crippen molar-refractivity contribution in [1.82, 2.24) is 24.7 Å². The minimum atomic E-state index is 0.552. The summed E-state index contributed by atoms with van der Waals surface area (Å²) >= 11 is 6.58. The predicted octanol–water partition coefficient (Wildman–Crippen LogP) is 4.34. The maximum atomic E-state index is 6.58. The molecule has 140 valence electrons. The maximum absolute atomic E-state index is 6.58. The summed E-state index contributed by atoms with van der Waals surface area (Å²) < 4.78 is 3.41. The van der Waals surface area contributed by atoms with Gasteiger partial charge in [0, 0.05) is 5.56 Å². The van der Waals surface area contributed by atoms with E-state index in [2.05, 4.69) is 51.6 Å². The van der Waals surface area contributed by atoms with E-state index >= 15 is 0 Å². The van der Waals surface area contributed by atoms with E-state index in [0.717, 1.165) is 22.4 Å². The molecule has 2 aromatic heterocycles. The molecule has 28 heavy (non-hydrogen) atoms. The summed E-state index contributed by atoms with van der Waals surface area (Å²) in [4.78, 5) is 0. The van der Waals surface area contributed by atoms with Crippen LogP contribution in [-0.2, 0) is 6.54 Å². The van der Waals surface area contributed by atoms with Crippen LogP contribution in [0.15, 0.2) is 66.0 Å². The summed E-state index contributed by atoms with van der Waals surface area (Å²) in [6.45, 7) is 4.59. The van der Waals surface area contributed by atoms with Crippen LogP contribution in [0.3, 0.4) is 0 Å². The zero-order valence-electron chi connectivity index (χ0n) is 15.6. The molecule has 4 rings (SSSR count). The summed E-state index contributed by atoms with van der Waals surface area (Å²) in [6, 6.07) is 18.1. The first-order valence-electron chi connectivity index (χ1n) is 8.90. The Kier molecular flexibility index (Phi) is 5.04. The number of hydrogen-bond donors (Lipinski definition) is 0. The molecule has 0 spiro atoms. The molecular weight excluding hydrogens is 372 g/mol. The smallest absolute Gasteiger partial charge is 0.184 e. The molecule has 6 nitrogen and oxygen atoms in total. The molecule has 2 aromatic carbocycles. The van der Waals surface area contributed by atoms with Crippen LogP contribution in [0.1, 0.15) is 22.4 Å². The topological polar surface area (TPSA) is 60.9 Å². The van der Waals surface area contributed by atoms with Gasteiger partial charge in [-0.15, -0.1) is 10.2 Å². The third-order valence-electron chi connectivity index (χ3n) is 4.44.